The standard InChI is InChI=1S/C16H18N4O3/c1-19-13-6-4-3-5-11(13)12-9-18-20(16(22)15(12)19)10-14(21)17-7-8-23-2/h3-6,9H,7-8,10H2,1-2H3,(H,17,21). The number of aromatic nitrogens is 3. The molecule has 7 heteroatoms. The van der Waals surface area contributed by atoms with Crippen LogP contribution in [0.1, 0.15) is 0 Å². The molecule has 0 saturated carbocycles. The van der Waals surface area contributed by atoms with Crippen molar-refractivity contribution in [2.75, 3.05) is 20.3 Å². The molecule has 1 N–H and O–H groups in total. The van der Waals surface area contributed by atoms with E-state index >= 15 is 0 Å². The van der Waals surface area contributed by atoms with E-state index in [-0.39, 0.29) is 18.0 Å². The lowest BCUT2D eigenvalue weighted by molar-refractivity contribution is -0.122. The predicted molar refractivity (Wildman–Crippen MR) is 87.4 cm³/mol. The predicted octanol–water partition coefficient (Wildman–Crippen LogP) is 0.651. The maximum Gasteiger partial charge on any atom is 0.291 e. The number of nitrogens with zero attached hydrogens (tertiary/aromatic N) is 3. The number of para-hydroxylation sites is 1. The minimum absolute atomic E-state index is 0.111. The zero-order valence-corrected chi connectivity index (χ0v) is 13.1. The highest BCUT2D eigenvalue weighted by molar-refractivity contribution is 6.07. The van der Waals surface area contributed by atoms with Gasteiger partial charge in [-0.15, -0.1) is 0 Å². The van der Waals surface area contributed by atoms with Gasteiger partial charge in [0.2, 0.25) is 5.91 Å². The van der Waals surface area contributed by atoms with Crippen LogP contribution in [-0.2, 0) is 23.1 Å². The molecule has 23 heavy (non-hydrogen) atoms. The van der Waals surface area contributed by atoms with Gasteiger partial charge in [-0.1, -0.05) is 18.2 Å². The van der Waals surface area contributed by atoms with E-state index in [1.165, 1.54) is 4.68 Å². The zero-order valence-electron chi connectivity index (χ0n) is 13.1. The van der Waals surface area contributed by atoms with Gasteiger partial charge in [0.15, 0.2) is 0 Å². The van der Waals surface area contributed by atoms with Crippen molar-refractivity contribution < 1.29 is 9.53 Å². The number of hydrogen-bond acceptors (Lipinski definition) is 4. The first-order valence-electron chi connectivity index (χ1n) is 7.32. The summed E-state index contributed by atoms with van der Waals surface area (Å²) in [6.45, 7) is 0.719. The molecular weight excluding hydrogens is 296 g/mol. The number of benzene rings is 1. The number of amides is 1. The third kappa shape index (κ3) is 2.70. The van der Waals surface area contributed by atoms with Crippen LogP contribution in [0.4, 0.5) is 0 Å². The van der Waals surface area contributed by atoms with E-state index < -0.39 is 0 Å². The summed E-state index contributed by atoms with van der Waals surface area (Å²) in [4.78, 5) is 24.5. The minimum atomic E-state index is -0.275. The van der Waals surface area contributed by atoms with Gasteiger partial charge in [0, 0.05) is 37.0 Å². The van der Waals surface area contributed by atoms with Crippen molar-refractivity contribution in [3.63, 3.8) is 0 Å². The molecule has 0 aliphatic heterocycles. The molecule has 0 saturated heterocycles. The molecule has 0 aliphatic rings. The molecule has 120 valence electrons. The number of ether oxygens (including phenoxy) is 1. The van der Waals surface area contributed by atoms with Crippen LogP contribution < -0.4 is 10.9 Å². The number of hydrogen-bond donors (Lipinski definition) is 1. The molecule has 1 amide bonds. The van der Waals surface area contributed by atoms with E-state index in [1.54, 1.807) is 13.3 Å². The zero-order chi connectivity index (χ0) is 16.4. The lowest BCUT2D eigenvalue weighted by Crippen LogP contribution is -2.35. The maximum atomic E-state index is 12.7. The number of rotatable bonds is 5. The van der Waals surface area contributed by atoms with E-state index in [4.69, 9.17) is 4.74 Å². The van der Waals surface area contributed by atoms with Crippen LogP contribution in [-0.4, -0.2) is 40.5 Å². The fourth-order valence-electron chi connectivity index (χ4n) is 2.71. The second-order valence-corrected chi connectivity index (χ2v) is 5.29. The summed E-state index contributed by atoms with van der Waals surface area (Å²) >= 11 is 0. The molecular formula is C16H18N4O3. The molecule has 7 nitrogen and oxygen atoms in total. The Morgan fingerprint density at radius 1 is 1.30 bits per heavy atom. The summed E-state index contributed by atoms with van der Waals surface area (Å²) in [5.74, 6) is -0.269. The number of aryl methyl sites for hydroxylation is 1. The third-order valence-corrected chi connectivity index (χ3v) is 3.83. The summed E-state index contributed by atoms with van der Waals surface area (Å²) < 4.78 is 7.90. The van der Waals surface area contributed by atoms with Crippen molar-refractivity contribution >= 4 is 27.7 Å². The van der Waals surface area contributed by atoms with Gasteiger partial charge >= 0.3 is 0 Å². The van der Waals surface area contributed by atoms with Crippen LogP contribution in [0.3, 0.4) is 0 Å². The second-order valence-electron chi connectivity index (χ2n) is 5.29. The van der Waals surface area contributed by atoms with Crippen molar-refractivity contribution in [3.8, 4) is 0 Å². The molecule has 3 aromatic rings. The fraction of sp³-hybridized carbons (Fsp3) is 0.312. The first-order chi connectivity index (χ1) is 11.1. The lowest BCUT2D eigenvalue weighted by atomic mass is 10.2. The summed E-state index contributed by atoms with van der Waals surface area (Å²) in [5, 5.41) is 8.59. The highest BCUT2D eigenvalue weighted by Crippen LogP contribution is 2.24. The molecule has 2 heterocycles. The Hall–Kier alpha value is -2.67. The summed E-state index contributed by atoms with van der Waals surface area (Å²) in [6, 6.07) is 7.77. The molecule has 0 unspecified atom stereocenters. The normalized spacial score (nSPS) is 11.2. The van der Waals surface area contributed by atoms with Gasteiger partial charge in [-0.2, -0.15) is 5.10 Å². The van der Waals surface area contributed by atoms with Gasteiger partial charge in [0.1, 0.15) is 12.1 Å². The highest BCUT2D eigenvalue weighted by atomic mass is 16.5. The number of methoxy groups -OCH3 is 1. The average Bonchev–Trinajstić information content (AvgIpc) is 2.84. The first-order valence-corrected chi connectivity index (χ1v) is 7.32. The first kappa shape index (κ1) is 15.2. The van der Waals surface area contributed by atoms with Crippen LogP contribution in [0.15, 0.2) is 35.3 Å². The van der Waals surface area contributed by atoms with E-state index in [9.17, 15) is 9.59 Å². The Balaban J connectivity index is 1.99. The van der Waals surface area contributed by atoms with Crippen LogP contribution in [0.2, 0.25) is 0 Å². The Morgan fingerprint density at radius 3 is 2.87 bits per heavy atom. The minimum Gasteiger partial charge on any atom is -0.383 e. The Bertz CT molecular complexity index is 926. The Morgan fingerprint density at radius 2 is 2.09 bits per heavy atom. The second kappa shape index (κ2) is 6.21. The van der Waals surface area contributed by atoms with Crippen LogP contribution in [0.25, 0.3) is 21.8 Å². The number of carbonyl (C=O) groups is 1. The summed E-state index contributed by atoms with van der Waals surface area (Å²) in [5.41, 5.74) is 1.23. The van der Waals surface area contributed by atoms with Crippen molar-refractivity contribution in [1.82, 2.24) is 19.7 Å². The van der Waals surface area contributed by atoms with Gasteiger partial charge in [-0.3, -0.25) is 9.59 Å². The van der Waals surface area contributed by atoms with Gasteiger partial charge in [-0.05, 0) is 6.07 Å². The number of carbonyl (C=O) groups excluding carboxylic acids is 1. The van der Waals surface area contributed by atoms with Crippen molar-refractivity contribution in [3.05, 3.63) is 40.8 Å². The van der Waals surface area contributed by atoms with Crippen LogP contribution >= 0.6 is 0 Å². The van der Waals surface area contributed by atoms with Crippen LogP contribution in [0.5, 0.6) is 0 Å². The number of nitrogens with one attached hydrogen (secondary N) is 1. The largest absolute Gasteiger partial charge is 0.383 e. The molecule has 0 aliphatic carbocycles. The monoisotopic (exact) mass is 314 g/mol. The van der Waals surface area contributed by atoms with Crippen molar-refractivity contribution in [2.45, 2.75) is 6.54 Å². The SMILES string of the molecule is COCCNC(=O)Cn1ncc2c3ccccc3n(C)c2c1=O. The molecule has 0 spiro atoms. The topological polar surface area (TPSA) is 78.2 Å². The van der Waals surface area contributed by atoms with Crippen molar-refractivity contribution in [2.24, 2.45) is 7.05 Å². The highest BCUT2D eigenvalue weighted by Gasteiger charge is 2.14. The van der Waals surface area contributed by atoms with Crippen LogP contribution in [0, 0.1) is 0 Å². The molecule has 2 aromatic heterocycles. The number of fused-ring (bicyclic) bond motifs is 3. The van der Waals surface area contributed by atoms with Gasteiger partial charge in [-0.25, -0.2) is 4.68 Å². The molecule has 1 aromatic carbocycles. The third-order valence-electron chi connectivity index (χ3n) is 3.83. The smallest absolute Gasteiger partial charge is 0.291 e. The molecule has 0 fully saturated rings. The van der Waals surface area contributed by atoms with Gasteiger partial charge < -0.3 is 14.6 Å². The molecule has 0 atom stereocenters. The molecule has 0 radical (unpaired) electrons. The fourth-order valence-corrected chi connectivity index (χ4v) is 2.71. The van der Waals surface area contributed by atoms with Crippen molar-refractivity contribution in [1.29, 1.82) is 0 Å². The summed E-state index contributed by atoms with van der Waals surface area (Å²) in [6.07, 6.45) is 1.64. The molecule has 3 rings (SSSR count). The molecule has 0 bridgehead atoms. The van der Waals surface area contributed by atoms with E-state index in [0.29, 0.717) is 18.7 Å². The summed E-state index contributed by atoms with van der Waals surface area (Å²) in [7, 11) is 3.40. The van der Waals surface area contributed by atoms with E-state index in [1.807, 2.05) is 35.9 Å². The van der Waals surface area contributed by atoms with E-state index in [0.717, 1.165) is 16.3 Å². The lowest BCUT2D eigenvalue weighted by Gasteiger charge is -2.06. The Labute approximate surface area is 132 Å². The average molecular weight is 314 g/mol. The quantitative estimate of drug-likeness (QED) is 0.702. The van der Waals surface area contributed by atoms with E-state index in [2.05, 4.69) is 10.4 Å². The Kier molecular flexibility index (Phi) is 4.12. The van der Waals surface area contributed by atoms with Gasteiger partial charge in [0.25, 0.3) is 5.56 Å². The maximum absolute atomic E-state index is 12.7. The van der Waals surface area contributed by atoms with Gasteiger partial charge in [0.05, 0.1) is 12.8 Å².